The lowest BCUT2D eigenvalue weighted by Gasteiger charge is -2.17. The first-order valence-electron chi connectivity index (χ1n) is 7.65. The Labute approximate surface area is 145 Å². The Morgan fingerprint density at radius 2 is 2.04 bits per heavy atom. The Balaban J connectivity index is 2.32. The van der Waals surface area contributed by atoms with E-state index in [0.717, 1.165) is 11.3 Å². The molecule has 0 N–H and O–H groups in total. The normalized spacial score (nSPS) is 11.3. The Morgan fingerprint density at radius 3 is 2.62 bits per heavy atom. The third-order valence-electron chi connectivity index (χ3n) is 3.23. The third kappa shape index (κ3) is 4.76. The lowest BCUT2D eigenvalue weighted by atomic mass is 9.90. The molecule has 0 amide bonds. The number of benzene rings is 1. The summed E-state index contributed by atoms with van der Waals surface area (Å²) in [6.45, 7) is 7.05. The molecule has 0 saturated carbocycles. The number of hydrogen-bond acceptors (Lipinski definition) is 5. The van der Waals surface area contributed by atoms with Gasteiger partial charge in [0.05, 0.1) is 12.3 Å². The van der Waals surface area contributed by atoms with Crippen molar-refractivity contribution in [3.8, 4) is 23.1 Å². The molecule has 2 aromatic rings. The molecule has 0 spiro atoms. The molecule has 0 saturated heterocycles. The van der Waals surface area contributed by atoms with Gasteiger partial charge < -0.3 is 9.47 Å². The summed E-state index contributed by atoms with van der Waals surface area (Å²) in [5.74, 6) is -0.263. The topological polar surface area (TPSA) is 55.1 Å². The maximum Gasteiger partial charge on any atom is 0.195 e. The smallest absolute Gasteiger partial charge is 0.195 e. The highest BCUT2D eigenvalue weighted by atomic mass is 32.1. The number of nitriles is 1. The standard InChI is InChI=1S/C18H21FN2O2S/c1-18(2,3)10-15-17(21-16(11-20)24-15)12-5-6-14(13(19)9-12)23-8-7-22-4/h5-6,9H,7-8,10H2,1-4H3. The van der Waals surface area contributed by atoms with Gasteiger partial charge in [0.1, 0.15) is 12.7 Å². The van der Waals surface area contributed by atoms with Crippen molar-refractivity contribution < 1.29 is 13.9 Å². The van der Waals surface area contributed by atoms with E-state index in [2.05, 4.69) is 31.8 Å². The van der Waals surface area contributed by atoms with Crippen LogP contribution >= 0.6 is 11.3 Å². The molecule has 1 heterocycles. The van der Waals surface area contributed by atoms with E-state index in [4.69, 9.17) is 14.7 Å². The van der Waals surface area contributed by atoms with E-state index in [1.54, 1.807) is 19.2 Å². The number of thiazole rings is 1. The average molecular weight is 348 g/mol. The fraction of sp³-hybridized carbons (Fsp3) is 0.444. The van der Waals surface area contributed by atoms with Crippen molar-refractivity contribution in [3.63, 3.8) is 0 Å². The van der Waals surface area contributed by atoms with Gasteiger partial charge >= 0.3 is 0 Å². The van der Waals surface area contributed by atoms with Crippen LogP contribution < -0.4 is 4.74 Å². The molecular formula is C18H21FN2O2S. The quantitative estimate of drug-likeness (QED) is 0.725. The van der Waals surface area contributed by atoms with Crippen LogP contribution in [0, 0.1) is 22.6 Å². The minimum Gasteiger partial charge on any atom is -0.488 e. The highest BCUT2D eigenvalue weighted by Gasteiger charge is 2.20. The number of hydrogen-bond donors (Lipinski definition) is 0. The number of nitrogens with zero attached hydrogens (tertiary/aromatic N) is 2. The van der Waals surface area contributed by atoms with Crippen LogP contribution in [0.5, 0.6) is 5.75 Å². The summed E-state index contributed by atoms with van der Waals surface area (Å²) in [4.78, 5) is 5.35. The third-order valence-corrected chi connectivity index (χ3v) is 4.19. The van der Waals surface area contributed by atoms with Crippen LogP contribution in [0.3, 0.4) is 0 Å². The lowest BCUT2D eigenvalue weighted by molar-refractivity contribution is 0.144. The van der Waals surface area contributed by atoms with E-state index in [0.29, 0.717) is 22.9 Å². The molecule has 0 atom stereocenters. The second kappa shape index (κ2) is 7.73. The Bertz CT molecular complexity index is 744. The predicted molar refractivity (Wildman–Crippen MR) is 92.8 cm³/mol. The van der Waals surface area contributed by atoms with Crippen LogP contribution in [0.15, 0.2) is 18.2 Å². The van der Waals surface area contributed by atoms with Crippen LogP contribution in [0.4, 0.5) is 4.39 Å². The highest BCUT2D eigenvalue weighted by Crippen LogP contribution is 2.34. The molecule has 4 nitrogen and oxygen atoms in total. The maximum atomic E-state index is 14.3. The van der Waals surface area contributed by atoms with Gasteiger partial charge in [-0.25, -0.2) is 9.37 Å². The molecule has 0 fully saturated rings. The fourth-order valence-corrected chi connectivity index (χ4v) is 3.41. The number of ether oxygens (including phenoxy) is 2. The van der Waals surface area contributed by atoms with Crippen LogP contribution in [-0.2, 0) is 11.2 Å². The van der Waals surface area contributed by atoms with Crippen LogP contribution in [0.25, 0.3) is 11.3 Å². The van der Waals surface area contributed by atoms with Crippen LogP contribution in [-0.4, -0.2) is 25.3 Å². The summed E-state index contributed by atoms with van der Waals surface area (Å²) in [6.07, 6.45) is 0.773. The van der Waals surface area contributed by atoms with Crippen molar-refractivity contribution in [2.24, 2.45) is 5.41 Å². The summed E-state index contributed by atoms with van der Waals surface area (Å²) in [7, 11) is 1.56. The minimum atomic E-state index is -0.447. The van der Waals surface area contributed by atoms with Crippen molar-refractivity contribution in [1.29, 1.82) is 5.26 Å². The zero-order valence-corrected chi connectivity index (χ0v) is 15.2. The molecule has 0 unspecified atom stereocenters. The van der Waals surface area contributed by atoms with Gasteiger partial charge in [0, 0.05) is 17.6 Å². The van der Waals surface area contributed by atoms with Gasteiger partial charge in [0.15, 0.2) is 16.6 Å². The summed E-state index contributed by atoms with van der Waals surface area (Å²) in [5, 5.41) is 9.53. The monoisotopic (exact) mass is 348 g/mol. The number of methoxy groups -OCH3 is 1. The largest absolute Gasteiger partial charge is 0.488 e. The lowest BCUT2D eigenvalue weighted by Crippen LogP contribution is -2.08. The molecule has 1 aromatic carbocycles. The second-order valence-electron chi connectivity index (χ2n) is 6.63. The van der Waals surface area contributed by atoms with Gasteiger partial charge in [-0.1, -0.05) is 20.8 Å². The van der Waals surface area contributed by atoms with Gasteiger partial charge in [-0.15, -0.1) is 11.3 Å². The van der Waals surface area contributed by atoms with Gasteiger partial charge in [0.25, 0.3) is 0 Å². The zero-order chi connectivity index (χ0) is 17.7. The molecule has 24 heavy (non-hydrogen) atoms. The van der Waals surface area contributed by atoms with Gasteiger partial charge in [-0.3, -0.25) is 0 Å². The highest BCUT2D eigenvalue weighted by molar-refractivity contribution is 7.12. The van der Waals surface area contributed by atoms with Crippen molar-refractivity contribution in [3.05, 3.63) is 33.9 Å². The zero-order valence-electron chi connectivity index (χ0n) is 14.4. The molecule has 2 rings (SSSR count). The van der Waals surface area contributed by atoms with E-state index in [1.165, 1.54) is 17.4 Å². The van der Waals surface area contributed by atoms with Crippen LogP contribution in [0.2, 0.25) is 0 Å². The fourth-order valence-electron chi connectivity index (χ4n) is 2.23. The first-order chi connectivity index (χ1) is 11.3. The molecule has 0 radical (unpaired) electrons. The van der Waals surface area contributed by atoms with Crippen LogP contribution in [0.1, 0.15) is 30.7 Å². The molecule has 0 aliphatic heterocycles. The average Bonchev–Trinajstić information content (AvgIpc) is 2.90. The van der Waals surface area contributed by atoms with Gasteiger partial charge in [-0.2, -0.15) is 5.26 Å². The number of aromatic nitrogens is 1. The Morgan fingerprint density at radius 1 is 1.29 bits per heavy atom. The number of rotatable bonds is 6. The second-order valence-corrected chi connectivity index (χ2v) is 7.71. The molecule has 128 valence electrons. The van der Waals surface area contributed by atoms with E-state index < -0.39 is 5.82 Å². The van der Waals surface area contributed by atoms with E-state index in [-0.39, 0.29) is 17.8 Å². The van der Waals surface area contributed by atoms with Crippen molar-refractivity contribution in [2.75, 3.05) is 20.3 Å². The summed E-state index contributed by atoms with van der Waals surface area (Å²) in [6, 6.07) is 6.85. The van der Waals surface area contributed by atoms with E-state index in [1.807, 2.05) is 0 Å². The molecule has 0 aliphatic carbocycles. The van der Waals surface area contributed by atoms with E-state index >= 15 is 0 Å². The summed E-state index contributed by atoms with van der Waals surface area (Å²) >= 11 is 1.37. The van der Waals surface area contributed by atoms with Gasteiger partial charge in [-0.05, 0) is 30.0 Å². The Hall–Kier alpha value is -1.97. The predicted octanol–water partition coefficient (Wildman–Crippen LogP) is 4.43. The van der Waals surface area contributed by atoms with E-state index in [9.17, 15) is 4.39 Å². The molecule has 0 bridgehead atoms. The first-order valence-corrected chi connectivity index (χ1v) is 8.47. The SMILES string of the molecule is COCCOc1ccc(-c2nc(C#N)sc2CC(C)(C)C)cc1F. The van der Waals surface area contributed by atoms with Crippen molar-refractivity contribution in [1.82, 2.24) is 4.98 Å². The molecule has 6 heteroatoms. The molecule has 0 aliphatic rings. The molecule has 1 aromatic heterocycles. The molecular weight excluding hydrogens is 327 g/mol. The van der Waals surface area contributed by atoms with Crippen molar-refractivity contribution in [2.45, 2.75) is 27.2 Å². The summed E-state index contributed by atoms with van der Waals surface area (Å²) in [5.41, 5.74) is 1.38. The maximum absolute atomic E-state index is 14.3. The Kier molecular flexibility index (Phi) is 5.92. The first kappa shape index (κ1) is 18.4. The van der Waals surface area contributed by atoms with Crippen molar-refractivity contribution >= 4 is 11.3 Å². The van der Waals surface area contributed by atoms with Gasteiger partial charge in [0.2, 0.25) is 0 Å². The minimum absolute atomic E-state index is 0.0513. The number of halogens is 1. The summed E-state index contributed by atoms with van der Waals surface area (Å²) < 4.78 is 24.5.